The standard InChI is InChI=1S/C19H29N3O5S/c1-15-12-21(13-16(2)27-15)19(23)14-20-8-10-22(11-9-20)28(24,25)18-6-4-17(26-3)5-7-18/h4-7,15-16H,8-14H2,1-3H3/t15-,16-/m0/s1. The van der Waals surface area contributed by atoms with Gasteiger partial charge in [-0.1, -0.05) is 0 Å². The Hall–Kier alpha value is -1.68. The van der Waals surface area contributed by atoms with Crippen molar-refractivity contribution in [2.24, 2.45) is 0 Å². The fourth-order valence-electron chi connectivity index (χ4n) is 3.70. The molecule has 2 saturated heterocycles. The molecule has 2 aliphatic rings. The van der Waals surface area contributed by atoms with Gasteiger partial charge in [-0.3, -0.25) is 9.69 Å². The van der Waals surface area contributed by atoms with E-state index in [0.717, 1.165) is 0 Å². The van der Waals surface area contributed by atoms with Crippen LogP contribution in [0.15, 0.2) is 29.2 Å². The summed E-state index contributed by atoms with van der Waals surface area (Å²) in [7, 11) is -1.99. The number of carbonyl (C=O) groups is 1. The van der Waals surface area contributed by atoms with Crippen LogP contribution in [0.2, 0.25) is 0 Å². The average molecular weight is 412 g/mol. The first-order chi connectivity index (χ1) is 13.3. The summed E-state index contributed by atoms with van der Waals surface area (Å²) in [6, 6.07) is 6.41. The van der Waals surface area contributed by atoms with Gasteiger partial charge in [-0.05, 0) is 38.1 Å². The molecular formula is C19H29N3O5S. The Labute approximate surface area is 167 Å². The topological polar surface area (TPSA) is 79.4 Å². The molecule has 2 atom stereocenters. The minimum atomic E-state index is -3.53. The Morgan fingerprint density at radius 1 is 1.07 bits per heavy atom. The van der Waals surface area contributed by atoms with Crippen LogP contribution in [0.25, 0.3) is 0 Å². The predicted molar refractivity (Wildman–Crippen MR) is 105 cm³/mol. The van der Waals surface area contributed by atoms with E-state index >= 15 is 0 Å². The van der Waals surface area contributed by atoms with Crippen molar-refractivity contribution in [1.82, 2.24) is 14.1 Å². The number of amides is 1. The largest absolute Gasteiger partial charge is 0.497 e. The number of hydrogen-bond donors (Lipinski definition) is 0. The van der Waals surface area contributed by atoms with E-state index in [0.29, 0.717) is 51.6 Å². The van der Waals surface area contributed by atoms with Gasteiger partial charge in [-0.2, -0.15) is 4.31 Å². The highest BCUT2D eigenvalue weighted by Crippen LogP contribution is 2.21. The zero-order valence-corrected chi connectivity index (χ0v) is 17.5. The molecule has 0 N–H and O–H groups in total. The Bertz CT molecular complexity index is 765. The first-order valence-corrected chi connectivity index (χ1v) is 11.0. The summed E-state index contributed by atoms with van der Waals surface area (Å²) < 4.78 is 37.9. The fraction of sp³-hybridized carbons (Fsp3) is 0.632. The molecule has 0 unspecified atom stereocenters. The summed E-state index contributed by atoms with van der Waals surface area (Å²) in [6.07, 6.45) is 0.0818. The van der Waals surface area contributed by atoms with Gasteiger partial charge in [0.15, 0.2) is 0 Å². The Balaban J connectivity index is 1.54. The number of methoxy groups -OCH3 is 1. The summed E-state index contributed by atoms with van der Waals surface area (Å²) in [6.45, 7) is 7.29. The molecule has 1 amide bonds. The number of piperazine rings is 1. The van der Waals surface area contributed by atoms with Crippen LogP contribution in [0.1, 0.15) is 13.8 Å². The number of sulfonamides is 1. The van der Waals surface area contributed by atoms with Crippen LogP contribution in [-0.2, 0) is 19.6 Å². The molecular weight excluding hydrogens is 382 g/mol. The second kappa shape index (κ2) is 8.77. The Morgan fingerprint density at radius 3 is 2.18 bits per heavy atom. The minimum absolute atomic E-state index is 0.0409. The van der Waals surface area contributed by atoms with Crippen molar-refractivity contribution < 1.29 is 22.7 Å². The van der Waals surface area contributed by atoms with Crippen molar-refractivity contribution in [3.05, 3.63) is 24.3 Å². The molecule has 1 aromatic carbocycles. The maximum atomic E-state index is 12.8. The van der Waals surface area contributed by atoms with Crippen molar-refractivity contribution in [2.75, 3.05) is 52.9 Å². The van der Waals surface area contributed by atoms with Crippen molar-refractivity contribution in [2.45, 2.75) is 31.0 Å². The van der Waals surface area contributed by atoms with Crippen LogP contribution in [0, 0.1) is 0 Å². The van der Waals surface area contributed by atoms with Crippen molar-refractivity contribution in [3.63, 3.8) is 0 Å². The molecule has 0 aliphatic carbocycles. The van der Waals surface area contributed by atoms with Gasteiger partial charge in [0.2, 0.25) is 15.9 Å². The second-order valence-corrected chi connectivity index (χ2v) is 9.35. The Kier molecular flexibility index (Phi) is 6.59. The van der Waals surface area contributed by atoms with Crippen LogP contribution in [0.3, 0.4) is 0 Å². The highest BCUT2D eigenvalue weighted by Gasteiger charge is 2.31. The van der Waals surface area contributed by atoms with Crippen LogP contribution in [0.4, 0.5) is 0 Å². The zero-order chi connectivity index (χ0) is 20.3. The number of nitrogens with zero attached hydrogens (tertiary/aromatic N) is 3. The lowest BCUT2D eigenvalue weighted by Gasteiger charge is -2.38. The third-order valence-corrected chi connectivity index (χ3v) is 7.07. The molecule has 1 aromatic rings. The number of rotatable bonds is 5. The normalized spacial score (nSPS) is 24.9. The maximum absolute atomic E-state index is 12.8. The summed E-state index contributed by atoms with van der Waals surface area (Å²) in [5.41, 5.74) is 0. The van der Waals surface area contributed by atoms with E-state index in [1.807, 2.05) is 23.6 Å². The van der Waals surface area contributed by atoms with Gasteiger partial charge in [-0.15, -0.1) is 0 Å². The number of benzene rings is 1. The predicted octanol–water partition coefficient (Wildman–Crippen LogP) is 0.637. The fourth-order valence-corrected chi connectivity index (χ4v) is 5.12. The number of morpholine rings is 1. The average Bonchev–Trinajstić information content (AvgIpc) is 2.67. The minimum Gasteiger partial charge on any atom is -0.497 e. The molecule has 0 bridgehead atoms. The molecule has 2 fully saturated rings. The molecule has 0 radical (unpaired) electrons. The van der Waals surface area contributed by atoms with E-state index < -0.39 is 10.0 Å². The van der Waals surface area contributed by atoms with E-state index in [4.69, 9.17) is 9.47 Å². The van der Waals surface area contributed by atoms with Gasteiger partial charge < -0.3 is 14.4 Å². The van der Waals surface area contributed by atoms with Crippen LogP contribution >= 0.6 is 0 Å². The molecule has 2 aliphatic heterocycles. The van der Waals surface area contributed by atoms with E-state index in [-0.39, 0.29) is 23.0 Å². The van der Waals surface area contributed by atoms with Crippen LogP contribution in [0.5, 0.6) is 5.75 Å². The first kappa shape index (κ1) is 21.0. The summed E-state index contributed by atoms with van der Waals surface area (Å²) >= 11 is 0. The molecule has 9 heteroatoms. The lowest BCUT2D eigenvalue weighted by atomic mass is 10.2. The van der Waals surface area contributed by atoms with Crippen LogP contribution < -0.4 is 4.74 Å². The third-order valence-electron chi connectivity index (χ3n) is 5.16. The lowest BCUT2D eigenvalue weighted by molar-refractivity contribution is -0.144. The smallest absolute Gasteiger partial charge is 0.243 e. The molecule has 2 heterocycles. The van der Waals surface area contributed by atoms with Gasteiger partial charge in [0.25, 0.3) is 0 Å². The molecule has 3 rings (SSSR count). The molecule has 0 spiro atoms. The van der Waals surface area contributed by atoms with Crippen molar-refractivity contribution >= 4 is 15.9 Å². The van der Waals surface area contributed by atoms with E-state index in [1.54, 1.807) is 31.4 Å². The molecule has 0 saturated carbocycles. The molecule has 8 nitrogen and oxygen atoms in total. The second-order valence-electron chi connectivity index (χ2n) is 7.41. The number of hydrogen-bond acceptors (Lipinski definition) is 6. The zero-order valence-electron chi connectivity index (χ0n) is 16.7. The summed E-state index contributed by atoms with van der Waals surface area (Å²) in [5, 5.41) is 0. The van der Waals surface area contributed by atoms with Gasteiger partial charge in [0.1, 0.15) is 5.75 Å². The van der Waals surface area contributed by atoms with Gasteiger partial charge in [0.05, 0.1) is 30.8 Å². The highest BCUT2D eigenvalue weighted by atomic mass is 32.2. The third kappa shape index (κ3) is 4.83. The van der Waals surface area contributed by atoms with Crippen molar-refractivity contribution in [1.29, 1.82) is 0 Å². The summed E-state index contributed by atoms with van der Waals surface area (Å²) in [5.74, 6) is 0.697. The SMILES string of the molecule is COc1ccc(S(=O)(=O)N2CCN(CC(=O)N3C[C@H](C)O[C@@H](C)C3)CC2)cc1. The van der Waals surface area contributed by atoms with Gasteiger partial charge >= 0.3 is 0 Å². The van der Waals surface area contributed by atoms with Crippen molar-refractivity contribution in [3.8, 4) is 5.75 Å². The van der Waals surface area contributed by atoms with Gasteiger partial charge in [-0.25, -0.2) is 8.42 Å². The highest BCUT2D eigenvalue weighted by molar-refractivity contribution is 7.89. The first-order valence-electron chi connectivity index (χ1n) is 9.59. The number of carbonyl (C=O) groups excluding carboxylic acids is 1. The van der Waals surface area contributed by atoms with Crippen LogP contribution in [-0.4, -0.2) is 93.6 Å². The number of ether oxygens (including phenoxy) is 2. The monoisotopic (exact) mass is 411 g/mol. The quantitative estimate of drug-likeness (QED) is 0.707. The molecule has 0 aromatic heterocycles. The van der Waals surface area contributed by atoms with E-state index in [9.17, 15) is 13.2 Å². The van der Waals surface area contributed by atoms with Gasteiger partial charge in [0, 0.05) is 39.3 Å². The maximum Gasteiger partial charge on any atom is 0.243 e. The van der Waals surface area contributed by atoms with E-state index in [2.05, 4.69) is 0 Å². The Morgan fingerprint density at radius 2 is 1.64 bits per heavy atom. The molecule has 28 heavy (non-hydrogen) atoms. The van der Waals surface area contributed by atoms with E-state index in [1.165, 1.54) is 4.31 Å². The molecule has 156 valence electrons. The summed E-state index contributed by atoms with van der Waals surface area (Å²) in [4.78, 5) is 16.7. The lowest BCUT2D eigenvalue weighted by Crippen LogP contribution is -2.54.